The van der Waals surface area contributed by atoms with Crippen LogP contribution in [0.2, 0.25) is 0 Å². The molecule has 1 aliphatic heterocycles. The van der Waals surface area contributed by atoms with Crippen LogP contribution in [0.15, 0.2) is 24.3 Å². The van der Waals surface area contributed by atoms with Gasteiger partial charge in [-0.3, -0.25) is 4.79 Å². The fourth-order valence-corrected chi connectivity index (χ4v) is 4.49. The monoisotopic (exact) mass is 432 g/mol. The fraction of sp³-hybridized carbons (Fsp3) is 0.381. The zero-order valence-corrected chi connectivity index (χ0v) is 18.0. The standard InChI is InChI=1S/C21H24N2O6S/c1-4-28-14-8-6-13(7-9-14)18(24)22-19-17(20(25)29-5-2)15-10-11-23(21(26)27-3)12-16(15)30-19/h6-9H,4-5,10-12H2,1-3H3,(H,22,24). The molecule has 0 unspecified atom stereocenters. The van der Waals surface area contributed by atoms with Crippen LogP contribution in [0, 0.1) is 0 Å². The van der Waals surface area contributed by atoms with Gasteiger partial charge in [0.15, 0.2) is 0 Å². The molecular weight excluding hydrogens is 408 g/mol. The number of anilines is 1. The molecule has 0 fully saturated rings. The number of hydrogen-bond donors (Lipinski definition) is 1. The Morgan fingerprint density at radius 3 is 2.50 bits per heavy atom. The van der Waals surface area contributed by atoms with Crippen molar-refractivity contribution in [2.75, 3.05) is 32.2 Å². The summed E-state index contributed by atoms with van der Waals surface area (Å²) in [5.74, 6) is -0.147. The molecule has 0 saturated carbocycles. The molecule has 2 amide bonds. The van der Waals surface area contributed by atoms with E-state index in [0.717, 1.165) is 10.4 Å². The third-order valence-electron chi connectivity index (χ3n) is 4.62. The van der Waals surface area contributed by atoms with Crippen molar-refractivity contribution in [2.24, 2.45) is 0 Å². The summed E-state index contributed by atoms with van der Waals surface area (Å²) in [4.78, 5) is 39.7. The van der Waals surface area contributed by atoms with Crippen LogP contribution in [0.4, 0.5) is 9.80 Å². The number of nitrogens with one attached hydrogen (secondary N) is 1. The molecular formula is C21H24N2O6S. The Bertz CT molecular complexity index is 938. The van der Waals surface area contributed by atoms with E-state index in [-0.39, 0.29) is 12.5 Å². The average molecular weight is 432 g/mol. The number of carbonyl (C=O) groups excluding carboxylic acids is 3. The number of esters is 1. The molecule has 1 N–H and O–H groups in total. The number of benzene rings is 1. The zero-order chi connectivity index (χ0) is 21.7. The summed E-state index contributed by atoms with van der Waals surface area (Å²) in [6.07, 6.45) is 0.0558. The van der Waals surface area contributed by atoms with Crippen molar-refractivity contribution in [3.63, 3.8) is 0 Å². The van der Waals surface area contributed by atoms with Gasteiger partial charge in [-0.25, -0.2) is 9.59 Å². The first-order valence-corrected chi connectivity index (χ1v) is 10.5. The van der Waals surface area contributed by atoms with E-state index in [1.807, 2.05) is 6.92 Å². The number of carbonyl (C=O) groups is 3. The van der Waals surface area contributed by atoms with Crippen LogP contribution < -0.4 is 10.1 Å². The lowest BCUT2D eigenvalue weighted by atomic mass is 10.0. The van der Waals surface area contributed by atoms with E-state index >= 15 is 0 Å². The van der Waals surface area contributed by atoms with Crippen molar-refractivity contribution in [3.05, 3.63) is 45.8 Å². The van der Waals surface area contributed by atoms with E-state index in [0.29, 0.717) is 48.0 Å². The second-order valence-electron chi connectivity index (χ2n) is 6.48. The van der Waals surface area contributed by atoms with Gasteiger partial charge in [0.25, 0.3) is 5.91 Å². The van der Waals surface area contributed by atoms with Gasteiger partial charge >= 0.3 is 12.1 Å². The quantitative estimate of drug-likeness (QED) is 0.700. The van der Waals surface area contributed by atoms with Crippen LogP contribution in [0.5, 0.6) is 5.75 Å². The average Bonchev–Trinajstić information content (AvgIpc) is 3.11. The number of amides is 2. The highest BCUT2D eigenvalue weighted by molar-refractivity contribution is 7.17. The Balaban J connectivity index is 1.87. The van der Waals surface area contributed by atoms with Gasteiger partial charge in [-0.15, -0.1) is 11.3 Å². The Kier molecular flexibility index (Phi) is 6.94. The molecule has 0 bridgehead atoms. The molecule has 8 nitrogen and oxygen atoms in total. The first-order valence-electron chi connectivity index (χ1n) is 9.67. The summed E-state index contributed by atoms with van der Waals surface area (Å²) in [7, 11) is 1.33. The highest BCUT2D eigenvalue weighted by Crippen LogP contribution is 2.38. The number of rotatable bonds is 6. The molecule has 2 aromatic rings. The topological polar surface area (TPSA) is 94.2 Å². The maximum Gasteiger partial charge on any atom is 0.409 e. The van der Waals surface area contributed by atoms with E-state index < -0.39 is 12.1 Å². The molecule has 0 aliphatic carbocycles. The molecule has 160 valence electrons. The molecule has 2 heterocycles. The molecule has 0 saturated heterocycles. The van der Waals surface area contributed by atoms with Gasteiger partial charge in [0.1, 0.15) is 10.8 Å². The van der Waals surface area contributed by atoms with Gasteiger partial charge in [-0.05, 0) is 50.1 Å². The van der Waals surface area contributed by atoms with Crippen LogP contribution >= 0.6 is 11.3 Å². The van der Waals surface area contributed by atoms with Crippen LogP contribution in [0.3, 0.4) is 0 Å². The minimum Gasteiger partial charge on any atom is -0.494 e. The van der Waals surface area contributed by atoms with Crippen LogP contribution in [-0.2, 0) is 22.4 Å². The van der Waals surface area contributed by atoms with Gasteiger partial charge in [-0.1, -0.05) is 0 Å². The SMILES string of the molecule is CCOC(=O)c1c(NC(=O)c2ccc(OCC)cc2)sc2c1CCN(C(=O)OC)C2. The van der Waals surface area contributed by atoms with Gasteiger partial charge in [0, 0.05) is 17.0 Å². The highest BCUT2D eigenvalue weighted by atomic mass is 32.1. The predicted octanol–water partition coefficient (Wildman–Crippen LogP) is 3.70. The van der Waals surface area contributed by atoms with Crippen molar-refractivity contribution in [3.8, 4) is 5.75 Å². The number of methoxy groups -OCH3 is 1. The number of ether oxygens (including phenoxy) is 3. The minimum atomic E-state index is -0.483. The normalized spacial score (nSPS) is 12.7. The summed E-state index contributed by atoms with van der Waals surface area (Å²) in [6.45, 7) is 5.13. The smallest absolute Gasteiger partial charge is 0.409 e. The second-order valence-corrected chi connectivity index (χ2v) is 7.59. The Morgan fingerprint density at radius 1 is 1.13 bits per heavy atom. The lowest BCUT2D eigenvalue weighted by molar-refractivity contribution is 0.0526. The maximum absolute atomic E-state index is 12.8. The summed E-state index contributed by atoms with van der Waals surface area (Å²) in [5, 5.41) is 3.26. The van der Waals surface area contributed by atoms with Gasteiger partial charge < -0.3 is 24.4 Å². The van der Waals surface area contributed by atoms with Crippen molar-refractivity contribution in [1.82, 2.24) is 4.90 Å². The molecule has 30 heavy (non-hydrogen) atoms. The molecule has 0 radical (unpaired) electrons. The van der Waals surface area contributed by atoms with Crippen molar-refractivity contribution < 1.29 is 28.6 Å². The van der Waals surface area contributed by atoms with Crippen LogP contribution in [0.25, 0.3) is 0 Å². The number of nitrogens with zero attached hydrogens (tertiary/aromatic N) is 1. The minimum absolute atomic E-state index is 0.226. The van der Waals surface area contributed by atoms with E-state index in [1.54, 1.807) is 36.1 Å². The van der Waals surface area contributed by atoms with Crippen molar-refractivity contribution in [2.45, 2.75) is 26.8 Å². The summed E-state index contributed by atoms with van der Waals surface area (Å²) < 4.78 is 15.4. The van der Waals surface area contributed by atoms with Crippen molar-refractivity contribution in [1.29, 1.82) is 0 Å². The Morgan fingerprint density at radius 2 is 1.87 bits per heavy atom. The van der Waals surface area contributed by atoms with Gasteiger partial charge in [0.2, 0.25) is 0 Å². The summed E-state index contributed by atoms with van der Waals surface area (Å²) >= 11 is 1.28. The van der Waals surface area contributed by atoms with E-state index in [4.69, 9.17) is 14.2 Å². The van der Waals surface area contributed by atoms with E-state index in [1.165, 1.54) is 18.4 Å². The molecule has 3 rings (SSSR count). The molecule has 0 spiro atoms. The zero-order valence-electron chi connectivity index (χ0n) is 17.1. The maximum atomic E-state index is 12.8. The van der Waals surface area contributed by atoms with Gasteiger partial charge in [-0.2, -0.15) is 0 Å². The number of fused-ring (bicyclic) bond motifs is 1. The van der Waals surface area contributed by atoms with Crippen molar-refractivity contribution >= 4 is 34.3 Å². The Labute approximate surface area is 178 Å². The number of thiophene rings is 1. The highest BCUT2D eigenvalue weighted by Gasteiger charge is 2.31. The van der Waals surface area contributed by atoms with Crippen LogP contribution in [0.1, 0.15) is 45.0 Å². The third kappa shape index (κ3) is 4.56. The second kappa shape index (κ2) is 9.62. The number of hydrogen-bond acceptors (Lipinski definition) is 7. The van der Waals surface area contributed by atoms with E-state index in [9.17, 15) is 14.4 Å². The molecule has 1 aliphatic rings. The Hall–Kier alpha value is -3.07. The first kappa shape index (κ1) is 21.6. The summed E-state index contributed by atoms with van der Waals surface area (Å²) in [5.41, 5.74) is 1.61. The molecule has 9 heteroatoms. The van der Waals surface area contributed by atoms with Crippen LogP contribution in [-0.4, -0.2) is 49.7 Å². The first-order chi connectivity index (χ1) is 14.5. The fourth-order valence-electron chi connectivity index (χ4n) is 3.24. The lowest BCUT2D eigenvalue weighted by Gasteiger charge is -2.25. The lowest BCUT2D eigenvalue weighted by Crippen LogP contribution is -2.35. The predicted molar refractivity (Wildman–Crippen MR) is 112 cm³/mol. The van der Waals surface area contributed by atoms with Gasteiger partial charge in [0.05, 0.1) is 32.4 Å². The third-order valence-corrected chi connectivity index (χ3v) is 5.76. The summed E-state index contributed by atoms with van der Waals surface area (Å²) in [6, 6.07) is 6.77. The molecule has 1 aromatic heterocycles. The van der Waals surface area contributed by atoms with E-state index in [2.05, 4.69) is 5.32 Å². The largest absolute Gasteiger partial charge is 0.494 e. The molecule has 0 atom stereocenters. The molecule has 1 aromatic carbocycles.